The first-order valence-corrected chi connectivity index (χ1v) is 11.7. The van der Waals surface area contributed by atoms with Crippen LogP contribution >= 0.6 is 0 Å². The third kappa shape index (κ3) is 3.90. The molecular weight excluding hydrogens is 412 g/mol. The summed E-state index contributed by atoms with van der Waals surface area (Å²) in [4.78, 5) is 29.7. The minimum atomic E-state index is -0.0508. The van der Waals surface area contributed by atoms with E-state index in [0.29, 0.717) is 29.6 Å². The van der Waals surface area contributed by atoms with Gasteiger partial charge >= 0.3 is 0 Å². The highest BCUT2D eigenvalue weighted by atomic mass is 16.2. The number of hydrogen-bond acceptors (Lipinski definition) is 4. The van der Waals surface area contributed by atoms with Crippen LogP contribution < -0.4 is 21.1 Å². The van der Waals surface area contributed by atoms with Crippen molar-refractivity contribution in [2.24, 2.45) is 5.92 Å². The highest BCUT2D eigenvalue weighted by Gasteiger charge is 2.35. The van der Waals surface area contributed by atoms with Crippen molar-refractivity contribution in [1.82, 2.24) is 4.57 Å². The van der Waals surface area contributed by atoms with E-state index in [1.807, 2.05) is 60.9 Å². The smallest absolute Gasteiger partial charge is 0.258 e. The van der Waals surface area contributed by atoms with Gasteiger partial charge in [0.05, 0.1) is 11.4 Å². The number of hydrogen-bond donors (Lipinski definition) is 1. The van der Waals surface area contributed by atoms with E-state index in [-0.39, 0.29) is 11.5 Å². The summed E-state index contributed by atoms with van der Waals surface area (Å²) in [5.74, 6) is 0.670. The largest absolute Gasteiger partial charge is 0.397 e. The van der Waals surface area contributed by atoms with E-state index in [4.69, 9.17) is 5.73 Å². The average Bonchev–Trinajstić information content (AvgIpc) is 2.80. The summed E-state index contributed by atoms with van der Waals surface area (Å²) < 4.78 is 1.94. The average molecular weight is 443 g/mol. The Morgan fingerprint density at radius 2 is 1.88 bits per heavy atom. The Morgan fingerprint density at radius 1 is 1.06 bits per heavy atom. The lowest BCUT2D eigenvalue weighted by Crippen LogP contribution is -2.47. The molecule has 2 aromatic carbocycles. The Morgan fingerprint density at radius 3 is 2.64 bits per heavy atom. The van der Waals surface area contributed by atoms with E-state index >= 15 is 0 Å². The zero-order valence-electron chi connectivity index (χ0n) is 19.2. The van der Waals surface area contributed by atoms with Gasteiger partial charge in [-0.15, -0.1) is 0 Å². The number of pyridine rings is 1. The van der Waals surface area contributed by atoms with Crippen LogP contribution in [0.1, 0.15) is 40.9 Å². The summed E-state index contributed by atoms with van der Waals surface area (Å²) in [6.07, 6.45) is 1.10. The predicted molar refractivity (Wildman–Crippen MR) is 133 cm³/mol. The van der Waals surface area contributed by atoms with E-state index in [1.54, 1.807) is 17.0 Å². The SMILES string of the molecule is CCN(C(=O)c1ccc(N2CC3CC(C2)c2cccc(=O)n2C3)c(N)c1)c1cccc(C)c1. The van der Waals surface area contributed by atoms with E-state index in [2.05, 4.69) is 11.0 Å². The van der Waals surface area contributed by atoms with Crippen molar-refractivity contribution in [1.29, 1.82) is 0 Å². The Hall–Kier alpha value is -3.54. The molecule has 3 aromatic rings. The van der Waals surface area contributed by atoms with Crippen molar-refractivity contribution < 1.29 is 4.79 Å². The molecule has 2 bridgehead atoms. The fourth-order valence-electron chi connectivity index (χ4n) is 5.46. The number of rotatable bonds is 4. The molecule has 1 aromatic heterocycles. The van der Waals surface area contributed by atoms with Crippen molar-refractivity contribution >= 4 is 23.0 Å². The zero-order valence-corrected chi connectivity index (χ0v) is 19.2. The normalized spacial score (nSPS) is 19.2. The van der Waals surface area contributed by atoms with E-state index in [0.717, 1.165) is 48.7 Å². The van der Waals surface area contributed by atoms with E-state index in [1.165, 1.54) is 0 Å². The number of piperidine rings is 1. The lowest BCUT2D eigenvalue weighted by Gasteiger charge is -2.44. The number of nitrogens with two attached hydrogens (primary N) is 1. The molecule has 6 nitrogen and oxygen atoms in total. The van der Waals surface area contributed by atoms with Crippen LogP contribution in [-0.4, -0.2) is 30.1 Å². The van der Waals surface area contributed by atoms with Crippen molar-refractivity contribution in [3.05, 3.63) is 87.8 Å². The zero-order chi connectivity index (χ0) is 23.1. The quantitative estimate of drug-likeness (QED) is 0.620. The van der Waals surface area contributed by atoms with Crippen LogP contribution in [0.15, 0.2) is 65.5 Å². The summed E-state index contributed by atoms with van der Waals surface area (Å²) in [6, 6.07) is 19.2. The molecular formula is C27H30N4O2. The van der Waals surface area contributed by atoms with Crippen LogP contribution in [0.4, 0.5) is 17.1 Å². The van der Waals surface area contributed by atoms with Crippen molar-refractivity contribution in [2.45, 2.75) is 32.7 Å². The Bertz CT molecular complexity index is 1260. The van der Waals surface area contributed by atoms with Gasteiger partial charge in [-0.2, -0.15) is 0 Å². The molecule has 2 aliphatic rings. The monoisotopic (exact) mass is 442 g/mol. The summed E-state index contributed by atoms with van der Waals surface area (Å²) in [7, 11) is 0. The highest BCUT2D eigenvalue weighted by molar-refractivity contribution is 6.07. The highest BCUT2D eigenvalue weighted by Crippen LogP contribution is 2.38. The van der Waals surface area contributed by atoms with Crippen LogP contribution in [-0.2, 0) is 6.54 Å². The second-order valence-electron chi connectivity index (χ2n) is 9.27. The number of amides is 1. The number of aryl methyl sites for hydroxylation is 1. The number of fused-ring (bicyclic) bond motifs is 4. The van der Waals surface area contributed by atoms with Crippen LogP contribution in [0.25, 0.3) is 0 Å². The first-order valence-electron chi connectivity index (χ1n) is 11.7. The topological polar surface area (TPSA) is 71.6 Å². The van der Waals surface area contributed by atoms with Crippen molar-refractivity contribution in [3.63, 3.8) is 0 Å². The van der Waals surface area contributed by atoms with Crippen LogP contribution in [0.3, 0.4) is 0 Å². The second-order valence-corrected chi connectivity index (χ2v) is 9.27. The van der Waals surface area contributed by atoms with Gasteiger partial charge in [-0.25, -0.2) is 0 Å². The fraction of sp³-hybridized carbons (Fsp3) is 0.333. The van der Waals surface area contributed by atoms with Crippen LogP contribution in [0.2, 0.25) is 0 Å². The Kier molecular flexibility index (Phi) is 5.44. The third-order valence-electron chi connectivity index (χ3n) is 6.97. The van der Waals surface area contributed by atoms with Crippen molar-refractivity contribution in [3.8, 4) is 0 Å². The molecule has 2 aliphatic heterocycles. The maximum atomic E-state index is 13.3. The van der Waals surface area contributed by atoms with Crippen molar-refractivity contribution in [2.75, 3.05) is 35.2 Å². The summed E-state index contributed by atoms with van der Waals surface area (Å²) in [5, 5.41) is 0. The minimum absolute atomic E-state index is 0.0508. The van der Waals surface area contributed by atoms with Crippen LogP contribution in [0.5, 0.6) is 0 Å². The molecule has 0 saturated carbocycles. The molecule has 1 saturated heterocycles. The minimum Gasteiger partial charge on any atom is -0.397 e. The number of nitrogen functional groups attached to an aromatic ring is 1. The van der Waals surface area contributed by atoms with Gasteiger partial charge < -0.3 is 20.1 Å². The molecule has 33 heavy (non-hydrogen) atoms. The molecule has 0 radical (unpaired) electrons. The second kappa shape index (κ2) is 8.43. The molecule has 2 atom stereocenters. The molecule has 1 fully saturated rings. The molecule has 0 aliphatic carbocycles. The Balaban J connectivity index is 1.39. The maximum Gasteiger partial charge on any atom is 0.258 e. The molecule has 5 rings (SSSR count). The molecule has 3 heterocycles. The number of carbonyl (C=O) groups excluding carboxylic acids is 1. The number of aromatic nitrogens is 1. The lowest BCUT2D eigenvalue weighted by atomic mass is 9.83. The van der Waals surface area contributed by atoms with E-state index < -0.39 is 0 Å². The maximum absolute atomic E-state index is 13.3. The van der Waals surface area contributed by atoms with E-state index in [9.17, 15) is 9.59 Å². The van der Waals surface area contributed by atoms with Gasteiger partial charge in [0.2, 0.25) is 0 Å². The molecule has 0 spiro atoms. The number of carbonyl (C=O) groups is 1. The first-order chi connectivity index (χ1) is 15.9. The molecule has 170 valence electrons. The molecule has 1 amide bonds. The first kappa shape index (κ1) is 21.3. The predicted octanol–water partition coefficient (Wildman–Crippen LogP) is 4.03. The molecule has 2 unspecified atom stereocenters. The van der Waals surface area contributed by atoms with Gasteiger partial charge in [0, 0.05) is 55.1 Å². The summed E-state index contributed by atoms with van der Waals surface area (Å²) in [5.41, 5.74) is 11.9. The van der Waals surface area contributed by atoms with Gasteiger partial charge in [-0.05, 0) is 68.1 Å². The van der Waals surface area contributed by atoms with Crippen LogP contribution in [0, 0.1) is 12.8 Å². The van der Waals surface area contributed by atoms with Gasteiger partial charge in [0.25, 0.3) is 11.5 Å². The molecule has 6 heteroatoms. The number of nitrogens with zero attached hydrogens (tertiary/aromatic N) is 3. The standard InChI is InChI=1S/C27H30N4O2/c1-3-30(22-7-4-6-18(2)12-22)27(33)20-10-11-25(23(28)14-20)29-15-19-13-21(17-29)24-8-5-9-26(32)31(24)16-19/h4-12,14,19,21H,3,13,15-17,28H2,1-2H3. The molecule has 2 N–H and O–H groups in total. The summed E-state index contributed by atoms with van der Waals surface area (Å²) in [6.45, 7) is 7.02. The van der Waals surface area contributed by atoms with Gasteiger partial charge in [0.1, 0.15) is 0 Å². The number of anilines is 3. The number of benzene rings is 2. The Labute approximate surface area is 194 Å². The van der Waals surface area contributed by atoms with Gasteiger partial charge in [0.15, 0.2) is 0 Å². The summed E-state index contributed by atoms with van der Waals surface area (Å²) >= 11 is 0. The lowest BCUT2D eigenvalue weighted by molar-refractivity contribution is 0.0988. The third-order valence-corrected chi connectivity index (χ3v) is 6.97. The van der Waals surface area contributed by atoms with Gasteiger partial charge in [-0.3, -0.25) is 9.59 Å². The fourth-order valence-corrected chi connectivity index (χ4v) is 5.46. The van der Waals surface area contributed by atoms with Gasteiger partial charge in [-0.1, -0.05) is 18.2 Å².